The summed E-state index contributed by atoms with van der Waals surface area (Å²) in [5.74, 6) is 1.60. The maximum absolute atomic E-state index is 13.2. The standard InChI is InChI=1S/C27H39N3O2.ClH/c1-6-13-29-14-12-27(20-10-9-11-22(15-20)32-5)17-24-23(16-21(27)18-29)19(4)25(28-24)26(31)30(7-2)8-3;/h9-11,15,21,28H,6-8,12-14,16-18H2,1-5H3;1H/t21-,27+;/m1./s1. The van der Waals surface area contributed by atoms with Crippen LogP contribution in [0, 0.1) is 12.8 Å². The zero-order valence-electron chi connectivity index (χ0n) is 20.9. The Kier molecular flexibility index (Phi) is 8.17. The van der Waals surface area contributed by atoms with Crippen LogP contribution in [-0.4, -0.2) is 60.5 Å². The molecule has 182 valence electrons. The van der Waals surface area contributed by atoms with Crippen LogP contribution in [0.4, 0.5) is 0 Å². The number of halogens is 1. The first-order chi connectivity index (χ1) is 15.5. The van der Waals surface area contributed by atoms with Gasteiger partial charge in [0.1, 0.15) is 11.4 Å². The lowest BCUT2D eigenvalue weighted by molar-refractivity contribution is 0.0766. The summed E-state index contributed by atoms with van der Waals surface area (Å²) >= 11 is 0. The highest BCUT2D eigenvalue weighted by Crippen LogP contribution is 2.49. The normalized spacial score (nSPS) is 22.2. The van der Waals surface area contributed by atoms with Crippen molar-refractivity contribution in [2.24, 2.45) is 5.92 Å². The van der Waals surface area contributed by atoms with Crippen LogP contribution in [0.25, 0.3) is 0 Å². The Morgan fingerprint density at radius 2 is 2.03 bits per heavy atom. The molecule has 33 heavy (non-hydrogen) atoms. The molecule has 0 spiro atoms. The topological polar surface area (TPSA) is 48.6 Å². The fourth-order valence-corrected chi connectivity index (χ4v) is 6.14. The van der Waals surface area contributed by atoms with Gasteiger partial charge in [-0.05, 0) is 94.3 Å². The average molecular weight is 474 g/mol. The zero-order valence-corrected chi connectivity index (χ0v) is 21.7. The van der Waals surface area contributed by atoms with Crippen molar-refractivity contribution in [3.8, 4) is 5.75 Å². The third-order valence-corrected chi connectivity index (χ3v) is 7.99. The van der Waals surface area contributed by atoms with Crippen molar-refractivity contribution < 1.29 is 9.53 Å². The van der Waals surface area contributed by atoms with E-state index in [2.05, 4.69) is 41.9 Å². The van der Waals surface area contributed by atoms with E-state index in [0.717, 1.165) is 69.0 Å². The number of hydrogen-bond acceptors (Lipinski definition) is 3. The first-order valence-electron chi connectivity index (χ1n) is 12.3. The van der Waals surface area contributed by atoms with Crippen LogP contribution in [0.3, 0.4) is 0 Å². The van der Waals surface area contributed by atoms with Crippen molar-refractivity contribution in [3.63, 3.8) is 0 Å². The van der Waals surface area contributed by atoms with Gasteiger partial charge in [-0.15, -0.1) is 12.4 Å². The predicted octanol–water partition coefficient (Wildman–Crippen LogP) is 5.00. The van der Waals surface area contributed by atoms with Gasteiger partial charge in [0.15, 0.2) is 0 Å². The number of methoxy groups -OCH3 is 1. The molecule has 1 amide bonds. The monoisotopic (exact) mass is 473 g/mol. The van der Waals surface area contributed by atoms with Crippen molar-refractivity contribution in [1.29, 1.82) is 0 Å². The van der Waals surface area contributed by atoms with Gasteiger partial charge < -0.3 is 19.5 Å². The molecule has 1 N–H and O–H groups in total. The number of carbonyl (C=O) groups is 1. The zero-order chi connectivity index (χ0) is 22.9. The number of rotatable bonds is 7. The summed E-state index contributed by atoms with van der Waals surface area (Å²) in [6.45, 7) is 13.4. The Labute approximate surface area is 205 Å². The van der Waals surface area contributed by atoms with E-state index in [1.807, 2.05) is 24.8 Å². The largest absolute Gasteiger partial charge is 0.497 e. The molecule has 0 unspecified atom stereocenters. The molecule has 0 bridgehead atoms. The number of benzene rings is 1. The van der Waals surface area contributed by atoms with Crippen molar-refractivity contribution in [3.05, 3.63) is 52.3 Å². The lowest BCUT2D eigenvalue weighted by Gasteiger charge is -2.51. The van der Waals surface area contributed by atoms with E-state index in [4.69, 9.17) is 4.74 Å². The summed E-state index contributed by atoms with van der Waals surface area (Å²) in [5, 5.41) is 0. The van der Waals surface area contributed by atoms with Gasteiger partial charge in [-0.3, -0.25) is 4.79 Å². The Hall–Kier alpha value is -1.98. The number of nitrogens with zero attached hydrogens (tertiary/aromatic N) is 2. The van der Waals surface area contributed by atoms with Gasteiger partial charge in [-0.25, -0.2) is 0 Å². The molecule has 6 heteroatoms. The van der Waals surface area contributed by atoms with Gasteiger partial charge in [-0.2, -0.15) is 0 Å². The Morgan fingerprint density at radius 3 is 2.70 bits per heavy atom. The summed E-state index contributed by atoms with van der Waals surface area (Å²) in [5.41, 5.74) is 6.06. The van der Waals surface area contributed by atoms with Crippen LogP contribution in [-0.2, 0) is 18.3 Å². The molecule has 1 aliphatic carbocycles. The van der Waals surface area contributed by atoms with Crippen molar-refractivity contribution in [2.75, 3.05) is 39.8 Å². The number of aromatic amines is 1. The number of fused-ring (bicyclic) bond motifs is 2. The molecule has 2 atom stereocenters. The molecule has 1 aromatic heterocycles. The quantitative estimate of drug-likeness (QED) is 0.615. The molecular formula is C27H40ClN3O2. The van der Waals surface area contributed by atoms with Crippen LogP contribution in [0.5, 0.6) is 5.75 Å². The first kappa shape index (κ1) is 25.6. The lowest BCUT2D eigenvalue weighted by Crippen LogP contribution is -2.53. The maximum atomic E-state index is 13.2. The maximum Gasteiger partial charge on any atom is 0.270 e. The average Bonchev–Trinajstić information content (AvgIpc) is 3.13. The van der Waals surface area contributed by atoms with Gasteiger partial charge in [0.25, 0.3) is 5.91 Å². The molecule has 4 rings (SSSR count). The highest BCUT2D eigenvalue weighted by molar-refractivity contribution is 5.94. The van der Waals surface area contributed by atoms with Crippen LogP contribution in [0.2, 0.25) is 0 Å². The molecule has 0 saturated carbocycles. The van der Waals surface area contributed by atoms with E-state index in [-0.39, 0.29) is 23.7 Å². The van der Waals surface area contributed by atoms with Crippen molar-refractivity contribution >= 4 is 18.3 Å². The van der Waals surface area contributed by atoms with Crippen LogP contribution in [0.1, 0.15) is 66.5 Å². The van der Waals surface area contributed by atoms with Gasteiger partial charge in [-0.1, -0.05) is 19.1 Å². The number of piperidine rings is 1. The fourth-order valence-electron chi connectivity index (χ4n) is 6.14. The summed E-state index contributed by atoms with van der Waals surface area (Å²) < 4.78 is 5.59. The smallest absolute Gasteiger partial charge is 0.270 e. The summed E-state index contributed by atoms with van der Waals surface area (Å²) in [6, 6.07) is 8.69. The number of likely N-dealkylation sites (tertiary alicyclic amines) is 1. The third-order valence-electron chi connectivity index (χ3n) is 7.99. The Balaban J connectivity index is 0.00000306. The second-order valence-electron chi connectivity index (χ2n) is 9.58. The molecule has 2 aliphatic rings. The molecule has 1 aromatic carbocycles. The highest BCUT2D eigenvalue weighted by Gasteiger charge is 2.48. The number of hydrogen-bond donors (Lipinski definition) is 1. The number of carbonyl (C=O) groups excluding carboxylic acids is 1. The highest BCUT2D eigenvalue weighted by atomic mass is 35.5. The van der Waals surface area contributed by atoms with Crippen LogP contribution >= 0.6 is 12.4 Å². The molecular weight excluding hydrogens is 434 g/mol. The minimum absolute atomic E-state index is 0. The first-order valence-corrected chi connectivity index (χ1v) is 12.3. The van der Waals surface area contributed by atoms with E-state index in [1.54, 1.807) is 7.11 Å². The third kappa shape index (κ3) is 4.54. The van der Waals surface area contributed by atoms with Gasteiger partial charge in [0, 0.05) is 30.7 Å². The van der Waals surface area contributed by atoms with E-state index < -0.39 is 0 Å². The Morgan fingerprint density at radius 1 is 1.27 bits per heavy atom. The molecule has 1 fully saturated rings. The molecule has 2 aromatic rings. The van der Waals surface area contributed by atoms with Crippen molar-refractivity contribution in [1.82, 2.24) is 14.8 Å². The molecule has 1 aliphatic heterocycles. The number of amides is 1. The van der Waals surface area contributed by atoms with Crippen LogP contribution in [0.15, 0.2) is 24.3 Å². The number of ether oxygens (including phenoxy) is 1. The predicted molar refractivity (Wildman–Crippen MR) is 137 cm³/mol. The van der Waals surface area contributed by atoms with E-state index in [0.29, 0.717) is 5.92 Å². The summed E-state index contributed by atoms with van der Waals surface area (Å²) in [4.78, 5) is 21.4. The van der Waals surface area contributed by atoms with E-state index >= 15 is 0 Å². The van der Waals surface area contributed by atoms with Crippen molar-refractivity contribution in [2.45, 2.75) is 58.8 Å². The van der Waals surface area contributed by atoms with Gasteiger partial charge >= 0.3 is 0 Å². The number of nitrogens with one attached hydrogen (secondary N) is 1. The van der Waals surface area contributed by atoms with Crippen LogP contribution < -0.4 is 4.74 Å². The molecule has 0 radical (unpaired) electrons. The van der Waals surface area contributed by atoms with Gasteiger partial charge in [0.05, 0.1) is 7.11 Å². The van der Waals surface area contributed by atoms with E-state index in [9.17, 15) is 4.79 Å². The number of aromatic nitrogens is 1. The minimum atomic E-state index is 0. The second kappa shape index (κ2) is 10.5. The molecule has 1 saturated heterocycles. The minimum Gasteiger partial charge on any atom is -0.497 e. The molecule has 2 heterocycles. The molecule has 5 nitrogen and oxygen atoms in total. The Bertz CT molecular complexity index is 968. The summed E-state index contributed by atoms with van der Waals surface area (Å²) in [7, 11) is 1.75. The summed E-state index contributed by atoms with van der Waals surface area (Å²) in [6.07, 6.45) is 4.32. The SMILES string of the molecule is CCCN1CC[C@@]2(c3cccc(OC)c3)Cc3[nH]c(C(=O)N(CC)CC)c(C)c3C[C@@H]2C1.Cl. The lowest BCUT2D eigenvalue weighted by atomic mass is 9.58. The fraction of sp³-hybridized carbons (Fsp3) is 0.593. The number of H-pyrrole nitrogens is 1. The van der Waals surface area contributed by atoms with Gasteiger partial charge in [0.2, 0.25) is 0 Å². The second-order valence-corrected chi connectivity index (χ2v) is 9.58. The van der Waals surface area contributed by atoms with E-state index in [1.165, 1.54) is 23.2 Å².